The van der Waals surface area contributed by atoms with Crippen molar-refractivity contribution in [2.75, 3.05) is 5.32 Å². The summed E-state index contributed by atoms with van der Waals surface area (Å²) in [6.45, 7) is 0.116. The van der Waals surface area contributed by atoms with Gasteiger partial charge in [0.25, 0.3) is 5.91 Å². The van der Waals surface area contributed by atoms with Crippen molar-refractivity contribution in [1.29, 1.82) is 0 Å². The summed E-state index contributed by atoms with van der Waals surface area (Å²) >= 11 is 11.9. The highest BCUT2D eigenvalue weighted by Gasteiger charge is 2.10. The van der Waals surface area contributed by atoms with Crippen LogP contribution in [0.1, 0.15) is 21.5 Å². The highest BCUT2D eigenvalue weighted by molar-refractivity contribution is 6.35. The maximum Gasteiger partial charge on any atom is 0.310 e. The van der Waals surface area contributed by atoms with Crippen molar-refractivity contribution in [2.45, 2.75) is 13.0 Å². The highest BCUT2D eigenvalue weighted by atomic mass is 35.5. The number of halogens is 2. The van der Waals surface area contributed by atoms with Crippen molar-refractivity contribution in [1.82, 2.24) is 0 Å². The molecule has 0 aliphatic carbocycles. The molecule has 0 atom stereocenters. The molecule has 0 spiro atoms. The summed E-state index contributed by atoms with van der Waals surface area (Å²) < 4.78 is 5.28. The normalized spacial score (nSPS) is 10.4. The predicted molar refractivity (Wildman–Crippen MR) is 111 cm³/mol. The van der Waals surface area contributed by atoms with Crippen LogP contribution < -0.4 is 5.32 Å². The van der Waals surface area contributed by atoms with Gasteiger partial charge in [-0.25, -0.2) is 0 Å². The number of para-hydroxylation sites is 1. The topological polar surface area (TPSA) is 55.4 Å². The minimum atomic E-state index is -0.393. The van der Waals surface area contributed by atoms with Crippen molar-refractivity contribution in [3.63, 3.8) is 0 Å². The molecule has 1 amide bonds. The van der Waals surface area contributed by atoms with Crippen molar-refractivity contribution in [3.05, 3.63) is 99.5 Å². The van der Waals surface area contributed by atoms with Crippen LogP contribution in [0.25, 0.3) is 0 Å². The fourth-order valence-corrected chi connectivity index (χ4v) is 2.99. The summed E-state index contributed by atoms with van der Waals surface area (Å²) in [6.07, 6.45) is 0.0631. The van der Waals surface area contributed by atoms with Gasteiger partial charge in [-0.3, -0.25) is 9.59 Å². The molecule has 142 valence electrons. The van der Waals surface area contributed by atoms with Crippen LogP contribution in [-0.4, -0.2) is 11.9 Å². The number of hydrogen-bond acceptors (Lipinski definition) is 3. The number of esters is 1. The first-order chi connectivity index (χ1) is 13.5. The van der Waals surface area contributed by atoms with Gasteiger partial charge in [0.1, 0.15) is 6.61 Å². The zero-order chi connectivity index (χ0) is 19.9. The van der Waals surface area contributed by atoms with Crippen LogP contribution in [-0.2, 0) is 22.6 Å². The SMILES string of the molecule is O=C(Cc1ccc(Cl)cc1Cl)OCc1ccc(C(=O)Nc2ccccc2)cc1. The lowest BCUT2D eigenvalue weighted by Gasteiger charge is -2.08. The summed E-state index contributed by atoms with van der Waals surface area (Å²) in [5, 5.41) is 3.76. The molecule has 0 aliphatic heterocycles. The van der Waals surface area contributed by atoms with Gasteiger partial charge in [-0.05, 0) is 47.5 Å². The molecule has 6 heteroatoms. The third kappa shape index (κ3) is 5.59. The van der Waals surface area contributed by atoms with E-state index >= 15 is 0 Å². The number of hydrogen-bond donors (Lipinski definition) is 1. The molecule has 0 unspecified atom stereocenters. The summed E-state index contributed by atoms with van der Waals surface area (Å²) in [7, 11) is 0. The lowest BCUT2D eigenvalue weighted by Crippen LogP contribution is -2.12. The van der Waals surface area contributed by atoms with Crippen LogP contribution >= 0.6 is 23.2 Å². The third-order valence-electron chi connectivity index (χ3n) is 4.00. The maximum absolute atomic E-state index is 12.2. The van der Waals surface area contributed by atoms with E-state index in [2.05, 4.69) is 5.32 Å². The van der Waals surface area contributed by atoms with Gasteiger partial charge in [-0.15, -0.1) is 0 Å². The smallest absolute Gasteiger partial charge is 0.310 e. The predicted octanol–water partition coefficient (Wildman–Crippen LogP) is 5.53. The first-order valence-corrected chi connectivity index (χ1v) is 9.32. The zero-order valence-corrected chi connectivity index (χ0v) is 16.3. The average molecular weight is 414 g/mol. The van der Waals surface area contributed by atoms with E-state index in [1.807, 2.05) is 30.3 Å². The summed E-state index contributed by atoms with van der Waals surface area (Å²) in [6, 6.07) is 21.1. The number of amides is 1. The Morgan fingerprint density at radius 3 is 2.29 bits per heavy atom. The summed E-state index contributed by atoms with van der Waals surface area (Å²) in [5.41, 5.74) is 2.69. The number of carbonyl (C=O) groups excluding carboxylic acids is 2. The Kier molecular flexibility index (Phi) is 6.69. The molecule has 28 heavy (non-hydrogen) atoms. The first kappa shape index (κ1) is 19.9. The van der Waals surface area contributed by atoms with E-state index in [1.54, 1.807) is 42.5 Å². The third-order valence-corrected chi connectivity index (χ3v) is 4.58. The minimum absolute atomic E-state index is 0.0631. The van der Waals surface area contributed by atoms with Gasteiger partial charge >= 0.3 is 5.97 Å². The van der Waals surface area contributed by atoms with E-state index in [4.69, 9.17) is 27.9 Å². The molecule has 3 rings (SSSR count). The molecule has 0 aliphatic rings. The average Bonchev–Trinajstić information content (AvgIpc) is 2.70. The molecular formula is C22H17Cl2NO3. The van der Waals surface area contributed by atoms with Crippen LogP contribution in [0.2, 0.25) is 10.0 Å². The highest BCUT2D eigenvalue weighted by Crippen LogP contribution is 2.21. The molecular weight excluding hydrogens is 397 g/mol. The van der Waals surface area contributed by atoms with Crippen LogP contribution in [0.3, 0.4) is 0 Å². The molecule has 0 radical (unpaired) electrons. The van der Waals surface area contributed by atoms with E-state index in [0.717, 1.165) is 11.3 Å². The second-order valence-electron chi connectivity index (χ2n) is 6.09. The number of anilines is 1. The van der Waals surface area contributed by atoms with Crippen molar-refractivity contribution in [3.8, 4) is 0 Å². The molecule has 0 bridgehead atoms. The van der Waals surface area contributed by atoms with Crippen molar-refractivity contribution < 1.29 is 14.3 Å². The Morgan fingerprint density at radius 2 is 1.61 bits per heavy atom. The van der Waals surface area contributed by atoms with E-state index in [1.165, 1.54) is 0 Å². The first-order valence-electron chi connectivity index (χ1n) is 8.56. The van der Waals surface area contributed by atoms with Crippen LogP contribution in [0, 0.1) is 0 Å². The fourth-order valence-electron chi connectivity index (χ4n) is 2.51. The standard InChI is InChI=1S/C22H17Cl2NO3/c23-18-11-10-17(20(24)13-18)12-21(26)28-14-15-6-8-16(9-7-15)22(27)25-19-4-2-1-3-5-19/h1-11,13H,12,14H2,(H,25,27). The summed E-state index contributed by atoms with van der Waals surface area (Å²) in [5.74, 6) is -0.595. The van der Waals surface area contributed by atoms with Gasteiger partial charge in [0, 0.05) is 21.3 Å². The van der Waals surface area contributed by atoms with Crippen LogP contribution in [0.15, 0.2) is 72.8 Å². The van der Waals surface area contributed by atoms with Gasteiger partial charge in [0.15, 0.2) is 0 Å². The Labute approximate surface area is 173 Å². The molecule has 3 aromatic carbocycles. The van der Waals surface area contributed by atoms with Gasteiger partial charge in [-0.2, -0.15) is 0 Å². The number of carbonyl (C=O) groups is 2. The number of rotatable bonds is 6. The number of benzene rings is 3. The lowest BCUT2D eigenvalue weighted by molar-refractivity contribution is -0.144. The minimum Gasteiger partial charge on any atom is -0.461 e. The van der Waals surface area contributed by atoms with E-state index in [-0.39, 0.29) is 18.9 Å². The van der Waals surface area contributed by atoms with Crippen LogP contribution in [0.5, 0.6) is 0 Å². The van der Waals surface area contributed by atoms with Gasteiger partial charge in [0.2, 0.25) is 0 Å². The number of ether oxygens (including phenoxy) is 1. The van der Waals surface area contributed by atoms with E-state index in [0.29, 0.717) is 21.2 Å². The molecule has 1 N–H and O–H groups in total. The molecule has 0 heterocycles. The Hall–Kier alpha value is -2.82. The Balaban J connectivity index is 1.52. The molecule has 4 nitrogen and oxygen atoms in total. The molecule has 0 aromatic heterocycles. The zero-order valence-electron chi connectivity index (χ0n) is 14.8. The maximum atomic E-state index is 12.2. The van der Waals surface area contributed by atoms with Gasteiger partial charge in [0.05, 0.1) is 6.42 Å². The monoisotopic (exact) mass is 413 g/mol. The quantitative estimate of drug-likeness (QED) is 0.540. The lowest BCUT2D eigenvalue weighted by atomic mass is 10.1. The largest absolute Gasteiger partial charge is 0.461 e. The van der Waals surface area contributed by atoms with E-state index < -0.39 is 5.97 Å². The molecule has 0 saturated heterocycles. The second kappa shape index (κ2) is 9.40. The fraction of sp³-hybridized carbons (Fsp3) is 0.0909. The van der Waals surface area contributed by atoms with Gasteiger partial charge < -0.3 is 10.1 Å². The second-order valence-corrected chi connectivity index (χ2v) is 6.93. The van der Waals surface area contributed by atoms with Gasteiger partial charge in [-0.1, -0.05) is 59.6 Å². The van der Waals surface area contributed by atoms with Crippen molar-refractivity contribution in [2.24, 2.45) is 0 Å². The number of nitrogens with one attached hydrogen (secondary N) is 1. The Bertz CT molecular complexity index is 973. The molecule has 0 saturated carbocycles. The van der Waals surface area contributed by atoms with Crippen molar-refractivity contribution >= 4 is 40.8 Å². The van der Waals surface area contributed by atoms with E-state index in [9.17, 15) is 9.59 Å². The molecule has 0 fully saturated rings. The van der Waals surface area contributed by atoms with Crippen LogP contribution in [0.4, 0.5) is 5.69 Å². The summed E-state index contributed by atoms with van der Waals surface area (Å²) in [4.78, 5) is 24.3. The molecule has 3 aromatic rings. The Morgan fingerprint density at radius 1 is 0.893 bits per heavy atom.